The molecule has 1 atom stereocenters. The van der Waals surface area contributed by atoms with E-state index in [1.807, 2.05) is 32.0 Å². The number of nitrogens with zero attached hydrogens (tertiary/aromatic N) is 1. The lowest BCUT2D eigenvalue weighted by Crippen LogP contribution is -2.50. The molecule has 1 aliphatic heterocycles. The minimum Gasteiger partial charge on any atom is -0.323 e. The molecule has 0 saturated heterocycles. The van der Waals surface area contributed by atoms with E-state index in [1.54, 1.807) is 24.3 Å². The van der Waals surface area contributed by atoms with Crippen molar-refractivity contribution in [2.75, 3.05) is 5.32 Å². The molecule has 0 aliphatic carbocycles. The van der Waals surface area contributed by atoms with E-state index >= 15 is 0 Å². The highest BCUT2D eigenvalue weighted by atomic mass is 79.9. The normalized spacial score (nSPS) is 14.9. The number of fused-ring (bicyclic) bond motifs is 1. The number of carbonyl (C=O) groups excluding carboxylic acids is 3. The second-order valence-corrected chi connectivity index (χ2v) is 9.50. The van der Waals surface area contributed by atoms with E-state index < -0.39 is 23.8 Å². The summed E-state index contributed by atoms with van der Waals surface area (Å²) in [5.41, 5.74) is 2.39. The molecule has 0 radical (unpaired) electrons. The zero-order valence-corrected chi connectivity index (χ0v) is 18.8. The van der Waals surface area contributed by atoms with Gasteiger partial charge in [0.05, 0.1) is 16.8 Å². The highest BCUT2D eigenvalue weighted by Crippen LogP contribution is 2.32. The number of nitrogens with one attached hydrogen (secondary N) is 1. The summed E-state index contributed by atoms with van der Waals surface area (Å²) in [6.07, 6.45) is 0. The smallest absolute Gasteiger partial charge is 0.262 e. The SMILES string of the molecule is CC(C)C(C(=O)Nc1ccc(C(C)(C)C)cc1Br)N1C(=O)c2ccccc2C1=O. The predicted molar refractivity (Wildman–Crippen MR) is 117 cm³/mol. The minimum atomic E-state index is -0.906. The number of halogens is 1. The molecule has 0 spiro atoms. The van der Waals surface area contributed by atoms with E-state index in [-0.39, 0.29) is 11.3 Å². The predicted octanol–water partition coefficient (Wildman–Crippen LogP) is 5.01. The van der Waals surface area contributed by atoms with Gasteiger partial charge in [-0.3, -0.25) is 19.3 Å². The van der Waals surface area contributed by atoms with Crippen LogP contribution in [0, 0.1) is 5.92 Å². The van der Waals surface area contributed by atoms with Gasteiger partial charge in [0.2, 0.25) is 5.91 Å². The van der Waals surface area contributed by atoms with Crippen molar-refractivity contribution < 1.29 is 14.4 Å². The molecule has 1 unspecified atom stereocenters. The number of hydrogen-bond acceptors (Lipinski definition) is 3. The van der Waals surface area contributed by atoms with E-state index in [9.17, 15) is 14.4 Å². The van der Waals surface area contributed by atoms with Gasteiger partial charge < -0.3 is 5.32 Å². The molecule has 29 heavy (non-hydrogen) atoms. The van der Waals surface area contributed by atoms with Crippen molar-refractivity contribution in [3.05, 3.63) is 63.6 Å². The molecule has 152 valence electrons. The molecule has 5 nitrogen and oxygen atoms in total. The Bertz CT molecular complexity index is 957. The van der Waals surface area contributed by atoms with Crippen LogP contribution in [0.1, 0.15) is 60.9 Å². The van der Waals surface area contributed by atoms with Crippen molar-refractivity contribution in [1.82, 2.24) is 4.90 Å². The third kappa shape index (κ3) is 3.99. The van der Waals surface area contributed by atoms with Crippen LogP contribution in [0.25, 0.3) is 0 Å². The quantitative estimate of drug-likeness (QED) is 0.657. The fourth-order valence-corrected chi connectivity index (χ4v) is 3.95. The van der Waals surface area contributed by atoms with Gasteiger partial charge in [0.15, 0.2) is 0 Å². The van der Waals surface area contributed by atoms with Crippen LogP contribution in [0.4, 0.5) is 5.69 Å². The lowest BCUT2D eigenvalue weighted by atomic mass is 9.87. The molecule has 0 aromatic heterocycles. The topological polar surface area (TPSA) is 66.5 Å². The Kier molecular flexibility index (Phi) is 5.68. The fraction of sp³-hybridized carbons (Fsp3) is 0.348. The second kappa shape index (κ2) is 7.75. The highest BCUT2D eigenvalue weighted by molar-refractivity contribution is 9.10. The first kappa shape index (κ1) is 21.2. The first-order valence-corrected chi connectivity index (χ1v) is 10.4. The largest absolute Gasteiger partial charge is 0.323 e. The third-order valence-electron chi connectivity index (χ3n) is 5.10. The average molecular weight is 457 g/mol. The molecule has 1 heterocycles. The Hall–Kier alpha value is -2.47. The molecule has 2 aromatic carbocycles. The number of rotatable bonds is 4. The van der Waals surface area contributed by atoms with E-state index in [4.69, 9.17) is 0 Å². The van der Waals surface area contributed by atoms with Crippen molar-refractivity contribution in [3.8, 4) is 0 Å². The van der Waals surface area contributed by atoms with Gasteiger partial charge >= 0.3 is 0 Å². The number of hydrogen-bond donors (Lipinski definition) is 1. The summed E-state index contributed by atoms with van der Waals surface area (Å²) < 4.78 is 0.753. The second-order valence-electron chi connectivity index (χ2n) is 8.65. The number of anilines is 1. The van der Waals surface area contributed by atoms with Gasteiger partial charge in [-0.05, 0) is 57.1 Å². The number of carbonyl (C=O) groups is 3. The summed E-state index contributed by atoms with van der Waals surface area (Å²) in [5.74, 6) is -1.49. The lowest BCUT2D eigenvalue weighted by molar-refractivity contribution is -0.121. The monoisotopic (exact) mass is 456 g/mol. The fourth-order valence-electron chi connectivity index (χ4n) is 3.47. The molecular formula is C23H25BrN2O3. The number of benzene rings is 2. The first-order chi connectivity index (χ1) is 13.5. The van der Waals surface area contributed by atoms with Gasteiger partial charge in [-0.2, -0.15) is 0 Å². The molecule has 2 aromatic rings. The van der Waals surface area contributed by atoms with Gasteiger partial charge in [0, 0.05) is 4.47 Å². The Morgan fingerprint density at radius 3 is 2.00 bits per heavy atom. The summed E-state index contributed by atoms with van der Waals surface area (Å²) in [5, 5.41) is 2.88. The van der Waals surface area contributed by atoms with Crippen LogP contribution < -0.4 is 5.32 Å². The van der Waals surface area contributed by atoms with Gasteiger partial charge in [0.1, 0.15) is 6.04 Å². The molecule has 3 rings (SSSR count). The van der Waals surface area contributed by atoms with Crippen molar-refractivity contribution in [3.63, 3.8) is 0 Å². The third-order valence-corrected chi connectivity index (χ3v) is 5.75. The van der Waals surface area contributed by atoms with Crippen LogP contribution in [0.3, 0.4) is 0 Å². The standard InChI is InChI=1S/C23H25BrN2O3/c1-13(2)19(26-21(28)15-8-6-7-9-16(15)22(26)29)20(27)25-18-11-10-14(12-17(18)24)23(3,4)5/h6-13,19H,1-5H3,(H,25,27). The van der Waals surface area contributed by atoms with E-state index in [2.05, 4.69) is 42.0 Å². The zero-order chi connectivity index (χ0) is 21.5. The Morgan fingerprint density at radius 1 is 1.00 bits per heavy atom. The Morgan fingerprint density at radius 2 is 1.55 bits per heavy atom. The van der Waals surface area contributed by atoms with Crippen LogP contribution in [0.15, 0.2) is 46.9 Å². The van der Waals surface area contributed by atoms with Gasteiger partial charge in [-0.25, -0.2) is 0 Å². The summed E-state index contributed by atoms with van der Waals surface area (Å²) in [4.78, 5) is 39.9. The summed E-state index contributed by atoms with van der Waals surface area (Å²) >= 11 is 3.52. The summed E-state index contributed by atoms with van der Waals surface area (Å²) in [6, 6.07) is 11.5. The Labute approximate surface area is 179 Å². The van der Waals surface area contributed by atoms with Crippen molar-refractivity contribution in [1.29, 1.82) is 0 Å². The molecule has 1 aliphatic rings. The maximum atomic E-state index is 13.1. The maximum absolute atomic E-state index is 13.1. The molecule has 0 fully saturated rings. The van der Waals surface area contributed by atoms with Crippen LogP contribution in [0.2, 0.25) is 0 Å². The van der Waals surface area contributed by atoms with Crippen molar-refractivity contribution in [2.45, 2.75) is 46.1 Å². The van der Waals surface area contributed by atoms with E-state index in [0.29, 0.717) is 16.8 Å². The molecule has 1 N–H and O–H groups in total. The summed E-state index contributed by atoms with van der Waals surface area (Å²) in [6.45, 7) is 10.00. The number of amides is 3. The molecule has 6 heteroatoms. The van der Waals surface area contributed by atoms with E-state index in [0.717, 1.165) is 14.9 Å². The lowest BCUT2D eigenvalue weighted by Gasteiger charge is -2.28. The van der Waals surface area contributed by atoms with Crippen LogP contribution >= 0.6 is 15.9 Å². The zero-order valence-electron chi connectivity index (χ0n) is 17.2. The minimum absolute atomic E-state index is 0.0221. The van der Waals surface area contributed by atoms with E-state index in [1.165, 1.54) is 0 Å². The van der Waals surface area contributed by atoms with Gasteiger partial charge in [-0.15, -0.1) is 0 Å². The highest BCUT2D eigenvalue weighted by Gasteiger charge is 2.44. The molecular weight excluding hydrogens is 432 g/mol. The Balaban J connectivity index is 1.89. The van der Waals surface area contributed by atoms with Crippen LogP contribution in [-0.4, -0.2) is 28.7 Å². The first-order valence-electron chi connectivity index (χ1n) is 9.60. The number of imide groups is 1. The summed E-state index contributed by atoms with van der Waals surface area (Å²) in [7, 11) is 0. The molecule has 0 bridgehead atoms. The van der Waals surface area contributed by atoms with Gasteiger partial charge in [-0.1, -0.05) is 52.8 Å². The maximum Gasteiger partial charge on any atom is 0.262 e. The average Bonchev–Trinajstić information content (AvgIpc) is 2.88. The van der Waals surface area contributed by atoms with Crippen LogP contribution in [0.5, 0.6) is 0 Å². The van der Waals surface area contributed by atoms with Gasteiger partial charge in [0.25, 0.3) is 11.8 Å². The van der Waals surface area contributed by atoms with Crippen molar-refractivity contribution >= 4 is 39.3 Å². The molecule has 3 amide bonds. The van der Waals surface area contributed by atoms with Crippen molar-refractivity contribution in [2.24, 2.45) is 5.92 Å². The van der Waals surface area contributed by atoms with Crippen LogP contribution in [-0.2, 0) is 10.2 Å². The molecule has 0 saturated carbocycles.